The third-order valence-electron chi connectivity index (χ3n) is 6.13. The van der Waals surface area contributed by atoms with Crippen LogP contribution < -0.4 is 5.56 Å². The summed E-state index contributed by atoms with van der Waals surface area (Å²) in [5, 5.41) is 5.99. The van der Waals surface area contributed by atoms with E-state index in [1.165, 1.54) is 18.4 Å². The largest absolute Gasteiger partial charge is 0.378 e. The van der Waals surface area contributed by atoms with Crippen LogP contribution in [0.25, 0.3) is 27.7 Å². The number of ether oxygens (including phenoxy) is 1. The minimum absolute atomic E-state index is 0.0369. The summed E-state index contributed by atoms with van der Waals surface area (Å²) in [7, 11) is 1.64. The summed E-state index contributed by atoms with van der Waals surface area (Å²) in [6.07, 6.45) is 11.6. The number of aryl methyl sites for hydroxylation is 1. The first-order chi connectivity index (χ1) is 15.7. The van der Waals surface area contributed by atoms with Crippen molar-refractivity contribution >= 4 is 28.2 Å². The summed E-state index contributed by atoms with van der Waals surface area (Å²) in [5.74, 6) is 0. The molecule has 0 saturated carbocycles. The van der Waals surface area contributed by atoms with E-state index in [2.05, 4.69) is 11.1 Å². The van der Waals surface area contributed by atoms with Gasteiger partial charge in [0.05, 0.1) is 28.8 Å². The average molecular weight is 449 g/mol. The van der Waals surface area contributed by atoms with E-state index < -0.39 is 0 Å². The maximum absolute atomic E-state index is 13.2. The Morgan fingerprint density at radius 3 is 2.75 bits per heavy atom. The third-order valence-corrected chi connectivity index (χ3v) is 6.38. The number of aromatic nitrogens is 4. The lowest BCUT2D eigenvalue weighted by atomic mass is 9.97. The van der Waals surface area contributed by atoms with Gasteiger partial charge in [-0.05, 0) is 55.9 Å². The molecule has 1 aliphatic rings. The van der Waals surface area contributed by atoms with Gasteiger partial charge in [0.25, 0.3) is 5.56 Å². The zero-order valence-electron chi connectivity index (χ0n) is 18.1. The molecule has 0 N–H and O–H groups in total. The Morgan fingerprint density at radius 1 is 1.16 bits per heavy atom. The summed E-state index contributed by atoms with van der Waals surface area (Å²) in [6.45, 7) is 1.03. The van der Waals surface area contributed by atoms with E-state index in [4.69, 9.17) is 21.4 Å². The highest BCUT2D eigenvalue weighted by atomic mass is 35.5. The van der Waals surface area contributed by atoms with Crippen LogP contribution in [0.2, 0.25) is 5.02 Å². The summed E-state index contributed by atoms with van der Waals surface area (Å²) in [5.41, 5.74) is 5.47. The molecular formula is C25H25ClN4O2. The standard InChI is InChI=1S/C25H25ClN4O2/c1-32-16-21-23(18-7-9-19(26)10-8-18)24-27-15-20-22(30(24)28-21)12-14-29(25(20)31)13-11-17-5-3-2-4-6-17/h5,7-10,12,14-15H,2-4,6,11,13,16H2,1H3. The predicted molar refractivity (Wildman–Crippen MR) is 127 cm³/mol. The number of nitrogens with zero attached hydrogens (tertiary/aromatic N) is 4. The molecule has 7 heteroatoms. The highest BCUT2D eigenvalue weighted by Gasteiger charge is 2.19. The van der Waals surface area contributed by atoms with Gasteiger partial charge in [-0.3, -0.25) is 4.79 Å². The van der Waals surface area contributed by atoms with Gasteiger partial charge < -0.3 is 9.30 Å². The fraction of sp³-hybridized carbons (Fsp3) is 0.320. The molecule has 0 aliphatic heterocycles. The molecule has 0 unspecified atom stereocenters. The van der Waals surface area contributed by atoms with E-state index in [0.29, 0.717) is 29.2 Å². The molecule has 3 aromatic heterocycles. The second-order valence-corrected chi connectivity index (χ2v) is 8.66. The highest BCUT2D eigenvalue weighted by molar-refractivity contribution is 6.30. The lowest BCUT2D eigenvalue weighted by Gasteiger charge is -2.13. The first-order valence-electron chi connectivity index (χ1n) is 11.0. The first kappa shape index (κ1) is 20.9. The molecule has 0 saturated heterocycles. The van der Waals surface area contributed by atoms with Crippen molar-refractivity contribution in [3.8, 4) is 11.1 Å². The van der Waals surface area contributed by atoms with Gasteiger partial charge in [0, 0.05) is 31.1 Å². The molecule has 0 bridgehead atoms. The molecule has 1 aliphatic carbocycles. The Balaban J connectivity index is 1.59. The van der Waals surface area contributed by atoms with Crippen molar-refractivity contribution < 1.29 is 4.74 Å². The Kier molecular flexibility index (Phi) is 5.81. The molecule has 0 radical (unpaired) electrons. The van der Waals surface area contributed by atoms with Crippen LogP contribution in [-0.4, -0.2) is 26.3 Å². The van der Waals surface area contributed by atoms with E-state index in [1.54, 1.807) is 22.4 Å². The molecule has 6 nitrogen and oxygen atoms in total. The van der Waals surface area contributed by atoms with Crippen LogP contribution in [-0.2, 0) is 17.9 Å². The van der Waals surface area contributed by atoms with Gasteiger partial charge in [0.15, 0.2) is 5.65 Å². The molecule has 0 amide bonds. The van der Waals surface area contributed by atoms with Crippen LogP contribution in [0.1, 0.15) is 37.8 Å². The monoisotopic (exact) mass is 448 g/mol. The number of halogens is 1. The van der Waals surface area contributed by atoms with Gasteiger partial charge in [-0.2, -0.15) is 5.10 Å². The minimum Gasteiger partial charge on any atom is -0.378 e. The summed E-state index contributed by atoms with van der Waals surface area (Å²) < 4.78 is 8.92. The van der Waals surface area contributed by atoms with Crippen LogP contribution in [0.3, 0.4) is 0 Å². The molecule has 0 atom stereocenters. The Bertz CT molecular complexity index is 1370. The normalized spacial score (nSPS) is 14.2. The summed E-state index contributed by atoms with van der Waals surface area (Å²) in [6, 6.07) is 9.54. The number of hydrogen-bond donors (Lipinski definition) is 0. The molecule has 32 heavy (non-hydrogen) atoms. The maximum Gasteiger partial charge on any atom is 0.261 e. The van der Waals surface area contributed by atoms with Crippen LogP contribution in [0.5, 0.6) is 0 Å². The number of allylic oxidation sites excluding steroid dienone is 2. The van der Waals surface area contributed by atoms with Gasteiger partial charge in [-0.25, -0.2) is 9.50 Å². The van der Waals surface area contributed by atoms with Crippen LogP contribution in [0.15, 0.2) is 59.2 Å². The van der Waals surface area contributed by atoms with Crippen molar-refractivity contribution in [3.63, 3.8) is 0 Å². The van der Waals surface area contributed by atoms with Gasteiger partial charge >= 0.3 is 0 Å². The molecular weight excluding hydrogens is 424 g/mol. The Morgan fingerprint density at radius 2 is 2.00 bits per heavy atom. The zero-order valence-corrected chi connectivity index (χ0v) is 18.8. The SMILES string of the molecule is COCc1nn2c(ncc3c(=O)n(CCC4=CCCCC4)ccc32)c1-c1ccc(Cl)cc1. The quantitative estimate of drug-likeness (QED) is 0.370. The minimum atomic E-state index is -0.0369. The second kappa shape index (κ2) is 8.88. The number of benzene rings is 1. The molecule has 5 rings (SSSR count). The first-order valence-corrected chi connectivity index (χ1v) is 11.4. The molecule has 164 valence electrons. The van der Waals surface area contributed by atoms with Gasteiger partial charge in [-0.1, -0.05) is 35.4 Å². The van der Waals surface area contributed by atoms with Crippen molar-refractivity contribution in [3.05, 3.63) is 75.4 Å². The topological polar surface area (TPSA) is 61.4 Å². The summed E-state index contributed by atoms with van der Waals surface area (Å²) >= 11 is 6.08. The van der Waals surface area contributed by atoms with Crippen molar-refractivity contribution in [2.24, 2.45) is 0 Å². The molecule has 0 spiro atoms. The van der Waals surface area contributed by atoms with Crippen LogP contribution in [0.4, 0.5) is 0 Å². The third kappa shape index (κ3) is 3.85. The van der Waals surface area contributed by atoms with Crippen molar-refractivity contribution in [2.75, 3.05) is 7.11 Å². The smallest absolute Gasteiger partial charge is 0.261 e. The predicted octanol–water partition coefficient (Wildman–Crippen LogP) is 5.40. The second-order valence-electron chi connectivity index (χ2n) is 8.23. The summed E-state index contributed by atoms with van der Waals surface area (Å²) in [4.78, 5) is 17.8. The van der Waals surface area contributed by atoms with Gasteiger partial charge in [0.1, 0.15) is 0 Å². The van der Waals surface area contributed by atoms with Gasteiger partial charge in [-0.15, -0.1) is 0 Å². The lowest BCUT2D eigenvalue weighted by molar-refractivity contribution is 0.181. The zero-order chi connectivity index (χ0) is 22.1. The molecule has 0 fully saturated rings. The molecule has 3 heterocycles. The van der Waals surface area contributed by atoms with E-state index in [1.807, 2.05) is 36.5 Å². The van der Waals surface area contributed by atoms with Crippen molar-refractivity contribution in [1.82, 2.24) is 19.2 Å². The van der Waals surface area contributed by atoms with Crippen LogP contribution >= 0.6 is 11.6 Å². The van der Waals surface area contributed by atoms with Crippen LogP contribution in [0, 0.1) is 0 Å². The van der Waals surface area contributed by atoms with Crippen molar-refractivity contribution in [1.29, 1.82) is 0 Å². The van der Waals surface area contributed by atoms with E-state index >= 15 is 0 Å². The fourth-order valence-electron chi connectivity index (χ4n) is 4.48. The fourth-order valence-corrected chi connectivity index (χ4v) is 4.60. The van der Waals surface area contributed by atoms with E-state index in [-0.39, 0.29) is 5.56 Å². The number of rotatable bonds is 6. The average Bonchev–Trinajstić information content (AvgIpc) is 3.18. The molecule has 1 aromatic carbocycles. The lowest BCUT2D eigenvalue weighted by Crippen LogP contribution is -2.21. The van der Waals surface area contributed by atoms with E-state index in [9.17, 15) is 4.79 Å². The molecule has 4 aromatic rings. The van der Waals surface area contributed by atoms with Gasteiger partial charge in [0.2, 0.25) is 0 Å². The number of pyridine rings is 1. The van der Waals surface area contributed by atoms with E-state index in [0.717, 1.165) is 41.6 Å². The highest BCUT2D eigenvalue weighted by Crippen LogP contribution is 2.30. The Hall–Kier alpha value is -2.96. The van der Waals surface area contributed by atoms with Crippen molar-refractivity contribution in [2.45, 2.75) is 45.3 Å². The Labute approximate surface area is 191 Å². The maximum atomic E-state index is 13.2. The number of hydrogen-bond acceptors (Lipinski definition) is 4. The number of methoxy groups -OCH3 is 1. The number of fused-ring (bicyclic) bond motifs is 3.